The molecule has 0 atom stereocenters. The van der Waals surface area contributed by atoms with Gasteiger partial charge < -0.3 is 10.2 Å². The van der Waals surface area contributed by atoms with Gasteiger partial charge in [-0.15, -0.1) is 0 Å². The molecule has 3 rings (SSSR count). The molecule has 9 nitrogen and oxygen atoms in total. The predicted molar refractivity (Wildman–Crippen MR) is 102 cm³/mol. The van der Waals surface area contributed by atoms with Crippen LogP contribution in [0.25, 0.3) is 17.5 Å². The number of anilines is 1. The van der Waals surface area contributed by atoms with Crippen LogP contribution in [0.5, 0.6) is 0 Å². The first-order chi connectivity index (χ1) is 13.1. The maximum Gasteiger partial charge on any atom is 0.244 e. The number of hydrogen-bond acceptors (Lipinski definition) is 7. The number of amides is 1. The van der Waals surface area contributed by atoms with E-state index in [9.17, 15) is 4.79 Å². The van der Waals surface area contributed by atoms with Crippen LogP contribution in [0.1, 0.15) is 11.4 Å². The van der Waals surface area contributed by atoms with Crippen molar-refractivity contribution in [2.45, 2.75) is 6.42 Å². The van der Waals surface area contributed by atoms with Gasteiger partial charge >= 0.3 is 0 Å². The Labute approximate surface area is 156 Å². The van der Waals surface area contributed by atoms with E-state index in [1.807, 2.05) is 31.1 Å². The molecule has 0 aliphatic carbocycles. The number of carbonyl (C=O) groups excluding carboxylic acids is 1. The second-order valence-electron chi connectivity index (χ2n) is 5.93. The van der Waals surface area contributed by atoms with Gasteiger partial charge in [-0.1, -0.05) is 0 Å². The normalized spacial score (nSPS) is 10.9. The average Bonchev–Trinajstić information content (AvgIpc) is 3.16. The van der Waals surface area contributed by atoms with E-state index in [4.69, 9.17) is 0 Å². The first-order valence-corrected chi connectivity index (χ1v) is 8.39. The summed E-state index contributed by atoms with van der Waals surface area (Å²) in [5.74, 6) is 1.71. The number of carbonyl (C=O) groups is 1. The third-order valence-corrected chi connectivity index (χ3v) is 3.60. The van der Waals surface area contributed by atoms with Crippen molar-refractivity contribution in [2.24, 2.45) is 0 Å². The van der Waals surface area contributed by atoms with Gasteiger partial charge in [-0.25, -0.2) is 15.0 Å². The largest absolute Gasteiger partial charge is 0.352 e. The van der Waals surface area contributed by atoms with E-state index >= 15 is 0 Å². The van der Waals surface area contributed by atoms with Crippen LogP contribution in [0.15, 0.2) is 43.0 Å². The Hall–Kier alpha value is -3.62. The van der Waals surface area contributed by atoms with Crippen molar-refractivity contribution in [3.8, 4) is 11.4 Å². The average molecular weight is 364 g/mol. The molecule has 0 spiro atoms. The van der Waals surface area contributed by atoms with Gasteiger partial charge in [0.1, 0.15) is 5.82 Å². The molecule has 9 heteroatoms. The van der Waals surface area contributed by atoms with E-state index in [-0.39, 0.29) is 5.91 Å². The zero-order valence-electron chi connectivity index (χ0n) is 15.1. The van der Waals surface area contributed by atoms with Crippen molar-refractivity contribution in [3.63, 3.8) is 0 Å². The summed E-state index contributed by atoms with van der Waals surface area (Å²) in [6, 6.07) is 3.72. The van der Waals surface area contributed by atoms with Gasteiger partial charge in [0, 0.05) is 69.1 Å². The summed E-state index contributed by atoms with van der Waals surface area (Å²) in [5.41, 5.74) is 1.60. The van der Waals surface area contributed by atoms with Crippen molar-refractivity contribution in [1.29, 1.82) is 0 Å². The third-order valence-electron chi connectivity index (χ3n) is 3.60. The number of nitrogens with one attached hydrogen (secondary N) is 2. The highest BCUT2D eigenvalue weighted by Gasteiger charge is 2.06. The number of pyridine rings is 1. The third kappa shape index (κ3) is 5.18. The molecule has 0 bridgehead atoms. The Kier molecular flexibility index (Phi) is 5.83. The summed E-state index contributed by atoms with van der Waals surface area (Å²) in [6.07, 6.45) is 10.4. The van der Waals surface area contributed by atoms with E-state index in [1.54, 1.807) is 30.9 Å². The van der Waals surface area contributed by atoms with Crippen molar-refractivity contribution in [3.05, 3.63) is 54.4 Å². The summed E-state index contributed by atoms with van der Waals surface area (Å²) < 4.78 is 0. The number of aromatic amines is 1. The van der Waals surface area contributed by atoms with Gasteiger partial charge in [0.05, 0.1) is 0 Å². The molecular weight excluding hydrogens is 344 g/mol. The SMILES string of the molecule is CN(C)c1ncc(/C=C/C(=O)NCCc2nc(-c3cccnc3)n[nH]2)cn1. The summed E-state index contributed by atoms with van der Waals surface area (Å²) >= 11 is 0. The molecule has 0 aliphatic rings. The van der Waals surface area contributed by atoms with Gasteiger partial charge in [-0.2, -0.15) is 5.10 Å². The van der Waals surface area contributed by atoms with Crippen molar-refractivity contribution in [1.82, 2.24) is 35.5 Å². The van der Waals surface area contributed by atoms with Gasteiger partial charge in [-0.05, 0) is 18.2 Å². The zero-order chi connectivity index (χ0) is 19.1. The number of rotatable bonds is 7. The molecule has 0 saturated carbocycles. The summed E-state index contributed by atoms with van der Waals surface area (Å²) in [4.78, 5) is 30.5. The molecule has 3 heterocycles. The fourth-order valence-corrected chi connectivity index (χ4v) is 2.21. The maximum absolute atomic E-state index is 11.9. The second-order valence-corrected chi connectivity index (χ2v) is 5.93. The van der Waals surface area contributed by atoms with E-state index < -0.39 is 0 Å². The van der Waals surface area contributed by atoms with Gasteiger partial charge in [0.15, 0.2) is 5.82 Å². The van der Waals surface area contributed by atoms with Gasteiger partial charge in [0.25, 0.3) is 0 Å². The zero-order valence-corrected chi connectivity index (χ0v) is 15.1. The number of aromatic nitrogens is 6. The summed E-state index contributed by atoms with van der Waals surface area (Å²) in [6.45, 7) is 0.445. The number of hydrogen-bond donors (Lipinski definition) is 2. The highest BCUT2D eigenvalue weighted by Crippen LogP contribution is 2.11. The van der Waals surface area contributed by atoms with Gasteiger partial charge in [0.2, 0.25) is 11.9 Å². The van der Waals surface area contributed by atoms with Crippen LogP contribution in [-0.4, -0.2) is 56.7 Å². The van der Waals surface area contributed by atoms with Crippen molar-refractivity contribution < 1.29 is 4.79 Å². The van der Waals surface area contributed by atoms with Crippen LogP contribution < -0.4 is 10.2 Å². The highest BCUT2D eigenvalue weighted by molar-refractivity contribution is 5.91. The number of H-pyrrole nitrogens is 1. The standard InChI is InChI=1S/C18H20N8O/c1-26(2)18-21-10-13(11-22-18)5-6-16(27)20-9-7-15-23-17(25-24-15)14-4-3-8-19-12-14/h3-6,8,10-12H,7,9H2,1-2H3,(H,20,27)(H,23,24,25)/b6-5+. The molecule has 0 aliphatic heterocycles. The lowest BCUT2D eigenvalue weighted by Gasteiger charge is -2.08. The van der Waals surface area contributed by atoms with Crippen LogP contribution in [-0.2, 0) is 11.2 Å². The minimum atomic E-state index is -0.196. The quantitative estimate of drug-likeness (QED) is 0.604. The lowest BCUT2D eigenvalue weighted by atomic mass is 10.3. The Morgan fingerprint density at radius 3 is 2.78 bits per heavy atom. The topological polar surface area (TPSA) is 113 Å². The van der Waals surface area contributed by atoms with Crippen LogP contribution in [0.4, 0.5) is 5.95 Å². The van der Waals surface area contributed by atoms with Crippen LogP contribution in [0.2, 0.25) is 0 Å². The molecule has 138 valence electrons. The molecule has 1 amide bonds. The maximum atomic E-state index is 11.9. The van der Waals surface area contributed by atoms with E-state index in [0.29, 0.717) is 30.6 Å². The van der Waals surface area contributed by atoms with E-state index in [0.717, 1.165) is 11.1 Å². The minimum Gasteiger partial charge on any atom is -0.352 e. The molecule has 3 aromatic heterocycles. The first-order valence-electron chi connectivity index (χ1n) is 8.39. The summed E-state index contributed by atoms with van der Waals surface area (Å²) in [7, 11) is 3.74. The molecule has 2 N–H and O–H groups in total. The molecule has 0 radical (unpaired) electrons. The number of nitrogens with zero attached hydrogens (tertiary/aromatic N) is 6. The summed E-state index contributed by atoms with van der Waals surface area (Å²) in [5, 5.41) is 9.84. The molecule has 0 fully saturated rings. The molecule has 27 heavy (non-hydrogen) atoms. The lowest BCUT2D eigenvalue weighted by molar-refractivity contribution is -0.116. The van der Waals surface area contributed by atoms with Crippen molar-refractivity contribution in [2.75, 3.05) is 25.5 Å². The van der Waals surface area contributed by atoms with E-state index in [1.165, 1.54) is 6.08 Å². The van der Waals surface area contributed by atoms with Crippen LogP contribution in [0.3, 0.4) is 0 Å². The van der Waals surface area contributed by atoms with Crippen LogP contribution in [0, 0.1) is 0 Å². The molecule has 0 unspecified atom stereocenters. The van der Waals surface area contributed by atoms with Crippen LogP contribution >= 0.6 is 0 Å². The van der Waals surface area contributed by atoms with Gasteiger partial charge in [-0.3, -0.25) is 14.9 Å². The van der Waals surface area contributed by atoms with Crippen molar-refractivity contribution >= 4 is 17.9 Å². The lowest BCUT2D eigenvalue weighted by Crippen LogP contribution is -2.23. The van der Waals surface area contributed by atoms with E-state index in [2.05, 4.69) is 35.5 Å². The fourth-order valence-electron chi connectivity index (χ4n) is 2.21. The fraction of sp³-hybridized carbons (Fsp3) is 0.222. The molecule has 0 aromatic carbocycles. The monoisotopic (exact) mass is 364 g/mol. The second kappa shape index (κ2) is 8.65. The first kappa shape index (κ1) is 18.2. The molecule has 3 aromatic rings. The Balaban J connectivity index is 1.46. The highest BCUT2D eigenvalue weighted by atomic mass is 16.1. The Morgan fingerprint density at radius 1 is 1.26 bits per heavy atom. The molecule has 0 saturated heterocycles. The minimum absolute atomic E-state index is 0.196. The Bertz CT molecular complexity index is 903. The Morgan fingerprint density at radius 2 is 2.07 bits per heavy atom. The molecular formula is C18H20N8O. The predicted octanol–water partition coefficient (Wildman–Crippen LogP) is 1.09. The smallest absolute Gasteiger partial charge is 0.244 e.